The van der Waals surface area contributed by atoms with Crippen molar-refractivity contribution in [2.24, 2.45) is 0 Å². The molecule has 108 valence electrons. The van der Waals surface area contributed by atoms with E-state index in [1.165, 1.54) is 22.0 Å². The molecule has 0 saturated carbocycles. The fourth-order valence-corrected chi connectivity index (χ4v) is 3.58. The molecular formula is C14H18ClN3S2. The molecule has 0 radical (unpaired) electrons. The highest BCUT2D eigenvalue weighted by atomic mass is 35.5. The number of hydrogen-bond donors (Lipinski definition) is 1. The van der Waals surface area contributed by atoms with Crippen LogP contribution in [0, 0.1) is 0 Å². The van der Waals surface area contributed by atoms with Crippen LogP contribution in [0.4, 0.5) is 0 Å². The van der Waals surface area contributed by atoms with Gasteiger partial charge in [0.05, 0.1) is 0 Å². The highest BCUT2D eigenvalue weighted by Crippen LogP contribution is 2.33. The van der Waals surface area contributed by atoms with Gasteiger partial charge in [-0.1, -0.05) is 44.1 Å². The first-order chi connectivity index (χ1) is 9.58. The molecule has 1 N–H and O–H groups in total. The Hall–Kier alpha value is -0.620. The Bertz CT molecular complexity index is 569. The van der Waals surface area contributed by atoms with E-state index in [9.17, 15) is 0 Å². The number of nitrogens with one attached hydrogen (secondary N) is 1. The average Bonchev–Trinajstić information content (AvgIpc) is 2.86. The van der Waals surface area contributed by atoms with Crippen LogP contribution in [0.2, 0.25) is 5.02 Å². The van der Waals surface area contributed by atoms with Gasteiger partial charge in [0.1, 0.15) is 5.82 Å². The molecular weight excluding hydrogens is 310 g/mol. The molecule has 2 aromatic rings. The molecule has 20 heavy (non-hydrogen) atoms. The van der Waals surface area contributed by atoms with Crippen LogP contribution in [0.25, 0.3) is 0 Å². The van der Waals surface area contributed by atoms with Crippen molar-refractivity contribution in [3.63, 3.8) is 0 Å². The molecule has 0 atom stereocenters. The summed E-state index contributed by atoms with van der Waals surface area (Å²) < 4.78 is 5.30. The average molecular weight is 328 g/mol. The second-order valence-corrected chi connectivity index (χ2v) is 7.20. The van der Waals surface area contributed by atoms with Crippen LogP contribution < -0.4 is 5.32 Å². The Balaban J connectivity index is 2.17. The predicted molar refractivity (Wildman–Crippen MR) is 86.8 cm³/mol. The molecule has 0 amide bonds. The van der Waals surface area contributed by atoms with Crippen molar-refractivity contribution >= 4 is 34.9 Å². The minimum Gasteiger partial charge on any atom is -0.310 e. The standard InChI is InChI=1S/C14H18ClN3S2/c1-4-13-17-14(20-18-13)19-12-6-5-11(15)7-10(12)8-16-9(2)3/h5-7,9,16H,4,8H2,1-3H3. The molecule has 3 nitrogen and oxygen atoms in total. The monoisotopic (exact) mass is 327 g/mol. The summed E-state index contributed by atoms with van der Waals surface area (Å²) in [5, 5.41) is 4.19. The zero-order chi connectivity index (χ0) is 14.5. The van der Waals surface area contributed by atoms with Crippen molar-refractivity contribution < 1.29 is 0 Å². The van der Waals surface area contributed by atoms with Gasteiger partial charge in [0.2, 0.25) is 0 Å². The first-order valence-electron chi connectivity index (χ1n) is 6.60. The molecule has 1 aromatic carbocycles. The SMILES string of the molecule is CCc1nsc(Sc2ccc(Cl)cc2CNC(C)C)n1. The number of hydrogen-bond acceptors (Lipinski definition) is 5. The van der Waals surface area contributed by atoms with E-state index >= 15 is 0 Å². The zero-order valence-corrected chi connectivity index (χ0v) is 14.2. The van der Waals surface area contributed by atoms with Crippen LogP contribution in [0.5, 0.6) is 0 Å². The van der Waals surface area contributed by atoms with Crippen LogP contribution in [0.15, 0.2) is 27.4 Å². The first-order valence-corrected chi connectivity index (χ1v) is 8.57. The van der Waals surface area contributed by atoms with Crippen molar-refractivity contribution in [2.75, 3.05) is 0 Å². The quantitative estimate of drug-likeness (QED) is 0.853. The molecule has 6 heteroatoms. The van der Waals surface area contributed by atoms with E-state index < -0.39 is 0 Å². The van der Waals surface area contributed by atoms with Gasteiger partial charge in [-0.2, -0.15) is 4.37 Å². The summed E-state index contributed by atoms with van der Waals surface area (Å²) in [6.07, 6.45) is 0.874. The summed E-state index contributed by atoms with van der Waals surface area (Å²) in [5.41, 5.74) is 1.20. The van der Waals surface area contributed by atoms with Crippen molar-refractivity contribution in [2.45, 2.75) is 49.0 Å². The Labute approximate surface area is 133 Å². The molecule has 0 unspecified atom stereocenters. The molecule has 2 rings (SSSR count). The highest BCUT2D eigenvalue weighted by molar-refractivity contribution is 8.01. The number of halogens is 1. The number of benzene rings is 1. The molecule has 0 aliphatic heterocycles. The van der Waals surface area contributed by atoms with Crippen molar-refractivity contribution in [3.05, 3.63) is 34.6 Å². The molecule has 0 saturated heterocycles. The van der Waals surface area contributed by atoms with Crippen molar-refractivity contribution in [1.82, 2.24) is 14.7 Å². The fraction of sp³-hybridized carbons (Fsp3) is 0.429. The molecule has 0 aliphatic rings. The van der Waals surface area contributed by atoms with Gasteiger partial charge in [-0.25, -0.2) is 4.98 Å². The number of rotatable bonds is 6. The summed E-state index contributed by atoms with van der Waals surface area (Å²) in [7, 11) is 0. The van der Waals surface area contributed by atoms with Gasteiger partial charge in [-0.15, -0.1) is 0 Å². The lowest BCUT2D eigenvalue weighted by atomic mass is 10.2. The fourth-order valence-electron chi connectivity index (χ4n) is 1.62. The van der Waals surface area contributed by atoms with Gasteiger partial charge in [-0.05, 0) is 35.3 Å². The number of aryl methyl sites for hydroxylation is 1. The second-order valence-electron chi connectivity index (χ2n) is 4.72. The van der Waals surface area contributed by atoms with Crippen LogP contribution in [0.3, 0.4) is 0 Å². The normalized spacial score (nSPS) is 11.2. The van der Waals surface area contributed by atoms with Gasteiger partial charge in [0.15, 0.2) is 4.34 Å². The smallest absolute Gasteiger partial charge is 0.174 e. The van der Waals surface area contributed by atoms with Crippen molar-refractivity contribution in [3.8, 4) is 0 Å². The Morgan fingerprint density at radius 2 is 2.20 bits per heavy atom. The van der Waals surface area contributed by atoms with E-state index in [1.54, 1.807) is 11.8 Å². The minimum absolute atomic E-state index is 0.444. The lowest BCUT2D eigenvalue weighted by Crippen LogP contribution is -2.22. The third-order valence-corrected chi connectivity index (χ3v) is 4.83. The lowest BCUT2D eigenvalue weighted by Gasteiger charge is -2.12. The Morgan fingerprint density at radius 3 is 2.85 bits per heavy atom. The molecule has 0 fully saturated rings. The summed E-state index contributed by atoms with van der Waals surface area (Å²) >= 11 is 9.21. The third-order valence-electron chi connectivity index (χ3n) is 2.69. The highest BCUT2D eigenvalue weighted by Gasteiger charge is 2.09. The first kappa shape index (κ1) is 15.8. The molecule has 0 bridgehead atoms. The third kappa shape index (κ3) is 4.45. The maximum Gasteiger partial charge on any atom is 0.174 e. The second kappa shape index (κ2) is 7.41. The topological polar surface area (TPSA) is 37.8 Å². The van der Waals surface area contributed by atoms with E-state index in [-0.39, 0.29) is 0 Å². The van der Waals surface area contributed by atoms with Gasteiger partial charge in [0, 0.05) is 28.9 Å². The predicted octanol–water partition coefficient (Wildman–Crippen LogP) is 4.40. The maximum atomic E-state index is 6.10. The number of aromatic nitrogens is 2. The van der Waals surface area contributed by atoms with Gasteiger partial charge in [-0.3, -0.25) is 0 Å². The maximum absolute atomic E-state index is 6.10. The summed E-state index contributed by atoms with van der Waals surface area (Å²) in [5.74, 6) is 0.910. The number of nitrogens with zero attached hydrogens (tertiary/aromatic N) is 2. The molecule has 0 aliphatic carbocycles. The van der Waals surface area contributed by atoms with E-state index in [1.807, 2.05) is 12.1 Å². The Morgan fingerprint density at radius 1 is 1.40 bits per heavy atom. The van der Waals surface area contributed by atoms with E-state index in [4.69, 9.17) is 11.6 Å². The van der Waals surface area contributed by atoms with Crippen LogP contribution in [-0.4, -0.2) is 15.4 Å². The minimum atomic E-state index is 0.444. The zero-order valence-electron chi connectivity index (χ0n) is 11.8. The molecule has 1 heterocycles. The Kier molecular flexibility index (Phi) is 5.84. The summed E-state index contributed by atoms with van der Waals surface area (Å²) in [4.78, 5) is 5.68. The van der Waals surface area contributed by atoms with Crippen LogP contribution in [-0.2, 0) is 13.0 Å². The molecule has 1 aromatic heterocycles. The van der Waals surface area contributed by atoms with Crippen LogP contribution >= 0.6 is 34.9 Å². The van der Waals surface area contributed by atoms with Gasteiger partial charge < -0.3 is 5.32 Å². The summed E-state index contributed by atoms with van der Waals surface area (Å²) in [6, 6.07) is 6.43. The van der Waals surface area contributed by atoms with Gasteiger partial charge in [0.25, 0.3) is 0 Å². The molecule has 0 spiro atoms. The van der Waals surface area contributed by atoms with E-state index in [0.717, 1.165) is 28.2 Å². The lowest BCUT2D eigenvalue weighted by molar-refractivity contribution is 0.585. The van der Waals surface area contributed by atoms with E-state index in [2.05, 4.69) is 41.5 Å². The van der Waals surface area contributed by atoms with Crippen LogP contribution in [0.1, 0.15) is 32.2 Å². The summed E-state index contributed by atoms with van der Waals surface area (Å²) in [6.45, 7) is 7.14. The largest absolute Gasteiger partial charge is 0.310 e. The van der Waals surface area contributed by atoms with Crippen molar-refractivity contribution in [1.29, 1.82) is 0 Å². The van der Waals surface area contributed by atoms with E-state index in [0.29, 0.717) is 6.04 Å². The van der Waals surface area contributed by atoms with Gasteiger partial charge >= 0.3 is 0 Å².